The summed E-state index contributed by atoms with van der Waals surface area (Å²) in [6, 6.07) is 15.3. The van der Waals surface area contributed by atoms with Gasteiger partial charge in [0, 0.05) is 25.3 Å². The molecular formula is C17H20N2. The van der Waals surface area contributed by atoms with E-state index < -0.39 is 0 Å². The summed E-state index contributed by atoms with van der Waals surface area (Å²) in [6.45, 7) is 5.04. The zero-order chi connectivity index (χ0) is 13.1. The molecule has 2 aromatic carbocycles. The number of hydrogen-bond donors (Lipinski definition) is 2. The fourth-order valence-corrected chi connectivity index (χ4v) is 2.61. The quantitative estimate of drug-likeness (QED) is 0.873. The van der Waals surface area contributed by atoms with Gasteiger partial charge in [-0.3, -0.25) is 0 Å². The van der Waals surface area contributed by atoms with Gasteiger partial charge in [0.05, 0.1) is 0 Å². The van der Waals surface area contributed by atoms with E-state index in [2.05, 4.69) is 60.0 Å². The van der Waals surface area contributed by atoms with Crippen LogP contribution in [-0.2, 0) is 19.5 Å². The highest BCUT2D eigenvalue weighted by atomic mass is 14.9. The molecule has 2 aromatic rings. The smallest absolute Gasteiger partial charge is 0.0419 e. The van der Waals surface area contributed by atoms with Crippen LogP contribution in [0.15, 0.2) is 42.5 Å². The topological polar surface area (TPSA) is 24.1 Å². The molecule has 0 spiro atoms. The molecule has 2 nitrogen and oxygen atoms in total. The van der Waals surface area contributed by atoms with Gasteiger partial charge in [0.25, 0.3) is 0 Å². The number of anilines is 1. The minimum absolute atomic E-state index is 0.921. The number of fused-ring (bicyclic) bond motifs is 1. The summed E-state index contributed by atoms with van der Waals surface area (Å²) < 4.78 is 0. The largest absolute Gasteiger partial charge is 0.384 e. The van der Waals surface area contributed by atoms with Crippen LogP contribution in [0.25, 0.3) is 0 Å². The molecule has 2 N–H and O–H groups in total. The number of para-hydroxylation sites is 1. The molecule has 0 atom stereocenters. The molecule has 98 valence electrons. The van der Waals surface area contributed by atoms with Gasteiger partial charge in [-0.05, 0) is 30.0 Å². The van der Waals surface area contributed by atoms with Crippen LogP contribution in [0.2, 0.25) is 0 Å². The Labute approximate surface area is 114 Å². The van der Waals surface area contributed by atoms with Crippen LogP contribution in [0, 0.1) is 6.92 Å². The Balaban J connectivity index is 1.61. The van der Waals surface area contributed by atoms with E-state index in [0.29, 0.717) is 0 Å². The second-order valence-corrected chi connectivity index (χ2v) is 5.22. The molecule has 0 bridgehead atoms. The average molecular weight is 252 g/mol. The first-order valence-electron chi connectivity index (χ1n) is 6.94. The van der Waals surface area contributed by atoms with E-state index in [-0.39, 0.29) is 0 Å². The van der Waals surface area contributed by atoms with Crippen LogP contribution in [0.5, 0.6) is 0 Å². The average Bonchev–Trinajstić information content (AvgIpc) is 2.90. The monoisotopic (exact) mass is 252 g/mol. The van der Waals surface area contributed by atoms with Crippen molar-refractivity contribution in [3.63, 3.8) is 0 Å². The molecule has 19 heavy (non-hydrogen) atoms. The summed E-state index contributed by atoms with van der Waals surface area (Å²) in [5, 5.41) is 7.01. The Morgan fingerprint density at radius 3 is 2.74 bits per heavy atom. The lowest BCUT2D eigenvalue weighted by atomic mass is 10.1. The van der Waals surface area contributed by atoms with Gasteiger partial charge in [-0.1, -0.05) is 48.0 Å². The first kappa shape index (κ1) is 12.2. The lowest BCUT2D eigenvalue weighted by Crippen LogP contribution is -2.13. The van der Waals surface area contributed by atoms with Gasteiger partial charge in [-0.2, -0.15) is 0 Å². The summed E-state index contributed by atoms with van der Waals surface area (Å²) in [4.78, 5) is 0. The van der Waals surface area contributed by atoms with Gasteiger partial charge in [0.15, 0.2) is 0 Å². The molecule has 0 fully saturated rings. The summed E-state index contributed by atoms with van der Waals surface area (Å²) in [5.74, 6) is 0. The van der Waals surface area contributed by atoms with E-state index in [9.17, 15) is 0 Å². The second-order valence-electron chi connectivity index (χ2n) is 5.22. The minimum atomic E-state index is 0.921. The predicted octanol–water partition coefficient (Wildman–Crippen LogP) is 3.25. The molecule has 0 saturated carbocycles. The maximum absolute atomic E-state index is 3.53. The standard InChI is InChI=1S/C17H20N2/c1-13-5-7-14(8-6-13)11-18-12-16-4-2-3-15-9-10-19-17(15)16/h2-8,18-19H,9-12H2,1H3. The van der Waals surface area contributed by atoms with E-state index in [1.165, 1.54) is 27.9 Å². The van der Waals surface area contributed by atoms with E-state index in [1.807, 2.05) is 0 Å². The number of hydrogen-bond acceptors (Lipinski definition) is 2. The zero-order valence-electron chi connectivity index (χ0n) is 11.4. The van der Waals surface area contributed by atoms with Crippen molar-refractivity contribution in [3.05, 3.63) is 64.7 Å². The van der Waals surface area contributed by atoms with Crippen molar-refractivity contribution in [2.24, 2.45) is 0 Å². The van der Waals surface area contributed by atoms with Crippen molar-refractivity contribution in [3.8, 4) is 0 Å². The third-order valence-corrected chi connectivity index (χ3v) is 3.70. The Kier molecular flexibility index (Phi) is 3.51. The third-order valence-electron chi connectivity index (χ3n) is 3.70. The number of rotatable bonds is 4. The summed E-state index contributed by atoms with van der Waals surface area (Å²) in [7, 11) is 0. The molecule has 1 aliphatic heterocycles. The SMILES string of the molecule is Cc1ccc(CNCc2cccc3c2NCC3)cc1. The van der Waals surface area contributed by atoms with Crippen LogP contribution in [0.3, 0.4) is 0 Å². The van der Waals surface area contributed by atoms with Crippen molar-refractivity contribution in [2.45, 2.75) is 26.4 Å². The maximum Gasteiger partial charge on any atom is 0.0419 e. The normalized spacial score (nSPS) is 13.1. The van der Waals surface area contributed by atoms with Gasteiger partial charge in [0.2, 0.25) is 0 Å². The van der Waals surface area contributed by atoms with Crippen molar-refractivity contribution < 1.29 is 0 Å². The van der Waals surface area contributed by atoms with E-state index in [0.717, 1.165) is 26.1 Å². The Hall–Kier alpha value is -1.80. The molecule has 1 aliphatic rings. The van der Waals surface area contributed by atoms with E-state index in [4.69, 9.17) is 0 Å². The van der Waals surface area contributed by atoms with Crippen LogP contribution in [0.4, 0.5) is 5.69 Å². The zero-order valence-corrected chi connectivity index (χ0v) is 11.4. The molecule has 2 heteroatoms. The van der Waals surface area contributed by atoms with Gasteiger partial charge >= 0.3 is 0 Å². The molecule has 0 aromatic heterocycles. The number of nitrogens with one attached hydrogen (secondary N) is 2. The molecule has 0 saturated heterocycles. The third kappa shape index (κ3) is 2.79. The number of aryl methyl sites for hydroxylation is 1. The molecule has 3 rings (SSSR count). The van der Waals surface area contributed by atoms with Crippen molar-refractivity contribution in [1.82, 2.24) is 5.32 Å². The molecule has 0 amide bonds. The van der Waals surface area contributed by atoms with Crippen LogP contribution < -0.4 is 10.6 Å². The second kappa shape index (κ2) is 5.45. The van der Waals surface area contributed by atoms with Crippen LogP contribution in [0.1, 0.15) is 22.3 Å². The van der Waals surface area contributed by atoms with E-state index in [1.54, 1.807) is 0 Å². The van der Waals surface area contributed by atoms with Crippen molar-refractivity contribution in [1.29, 1.82) is 0 Å². The summed E-state index contributed by atoms with van der Waals surface area (Å²) in [6.07, 6.45) is 1.15. The molecule has 0 radical (unpaired) electrons. The number of benzene rings is 2. The van der Waals surface area contributed by atoms with Crippen molar-refractivity contribution in [2.75, 3.05) is 11.9 Å². The fraction of sp³-hybridized carbons (Fsp3) is 0.294. The Morgan fingerprint density at radius 1 is 1.05 bits per heavy atom. The van der Waals surface area contributed by atoms with Crippen LogP contribution in [-0.4, -0.2) is 6.54 Å². The van der Waals surface area contributed by atoms with Gasteiger partial charge in [-0.15, -0.1) is 0 Å². The molecular weight excluding hydrogens is 232 g/mol. The highest BCUT2D eigenvalue weighted by Gasteiger charge is 2.12. The van der Waals surface area contributed by atoms with Gasteiger partial charge in [-0.25, -0.2) is 0 Å². The maximum atomic E-state index is 3.53. The Morgan fingerprint density at radius 2 is 1.89 bits per heavy atom. The molecule has 0 unspecified atom stereocenters. The van der Waals surface area contributed by atoms with Crippen molar-refractivity contribution >= 4 is 5.69 Å². The first-order chi connectivity index (χ1) is 9.33. The minimum Gasteiger partial charge on any atom is -0.384 e. The van der Waals surface area contributed by atoms with Gasteiger partial charge in [0.1, 0.15) is 0 Å². The van der Waals surface area contributed by atoms with Crippen LogP contribution >= 0.6 is 0 Å². The summed E-state index contributed by atoms with van der Waals surface area (Å²) >= 11 is 0. The lowest BCUT2D eigenvalue weighted by Gasteiger charge is -2.10. The molecule has 1 heterocycles. The first-order valence-corrected chi connectivity index (χ1v) is 6.94. The highest BCUT2D eigenvalue weighted by Crippen LogP contribution is 2.26. The van der Waals surface area contributed by atoms with Gasteiger partial charge < -0.3 is 10.6 Å². The Bertz CT molecular complexity index is 558. The fourth-order valence-electron chi connectivity index (χ4n) is 2.61. The lowest BCUT2D eigenvalue weighted by molar-refractivity contribution is 0.694. The summed E-state index contributed by atoms with van der Waals surface area (Å²) in [5.41, 5.74) is 6.83. The van der Waals surface area contributed by atoms with E-state index >= 15 is 0 Å². The predicted molar refractivity (Wildman–Crippen MR) is 80.4 cm³/mol. The molecule has 0 aliphatic carbocycles. The highest BCUT2D eigenvalue weighted by molar-refractivity contribution is 5.61.